The summed E-state index contributed by atoms with van der Waals surface area (Å²) in [6.45, 7) is 6.27. The molecule has 0 radical (unpaired) electrons. The average molecular weight is 256 g/mol. The van der Waals surface area contributed by atoms with E-state index in [0.717, 1.165) is 17.0 Å². The molecule has 0 bridgehead atoms. The molecule has 0 aliphatic heterocycles. The molecule has 2 aromatic rings. The van der Waals surface area contributed by atoms with Gasteiger partial charge in [0.15, 0.2) is 0 Å². The predicted molar refractivity (Wildman–Crippen MR) is 74.7 cm³/mol. The van der Waals surface area contributed by atoms with Crippen LogP contribution in [0.1, 0.15) is 12.6 Å². The molecule has 1 heterocycles. The standard InChI is InChI=1S/C15H16N2O2/c1-4-19-11(2)13-9-10-14(17-16-13)12-7-5-6-8-15(12)18-3/h5-10H,2,4H2,1,3H3. The van der Waals surface area contributed by atoms with Crippen LogP contribution in [0.3, 0.4) is 0 Å². The second-order valence-corrected chi connectivity index (χ2v) is 3.86. The molecule has 98 valence electrons. The van der Waals surface area contributed by atoms with Crippen molar-refractivity contribution < 1.29 is 9.47 Å². The Hall–Kier alpha value is -2.36. The molecule has 0 amide bonds. The molecule has 0 unspecified atom stereocenters. The van der Waals surface area contributed by atoms with E-state index in [0.29, 0.717) is 18.1 Å². The molecular formula is C15H16N2O2. The Kier molecular flexibility index (Phi) is 4.13. The molecule has 0 saturated carbocycles. The maximum Gasteiger partial charge on any atom is 0.139 e. The number of aromatic nitrogens is 2. The van der Waals surface area contributed by atoms with Crippen LogP contribution in [-0.4, -0.2) is 23.9 Å². The Morgan fingerprint density at radius 1 is 1.16 bits per heavy atom. The molecule has 4 nitrogen and oxygen atoms in total. The lowest BCUT2D eigenvalue weighted by atomic mass is 10.1. The Balaban J connectivity index is 2.30. The van der Waals surface area contributed by atoms with Crippen LogP contribution < -0.4 is 4.74 Å². The molecule has 4 heteroatoms. The average Bonchev–Trinajstić information content (AvgIpc) is 2.47. The lowest BCUT2D eigenvalue weighted by molar-refractivity contribution is 0.297. The highest BCUT2D eigenvalue weighted by molar-refractivity contribution is 5.67. The summed E-state index contributed by atoms with van der Waals surface area (Å²) >= 11 is 0. The van der Waals surface area contributed by atoms with Gasteiger partial charge in [-0.05, 0) is 31.2 Å². The van der Waals surface area contributed by atoms with E-state index in [1.54, 1.807) is 7.11 Å². The quantitative estimate of drug-likeness (QED) is 0.771. The summed E-state index contributed by atoms with van der Waals surface area (Å²) in [4.78, 5) is 0. The van der Waals surface area contributed by atoms with E-state index in [-0.39, 0.29) is 0 Å². The fraction of sp³-hybridized carbons (Fsp3) is 0.200. The number of hydrogen-bond acceptors (Lipinski definition) is 4. The maximum atomic E-state index is 5.31. The molecular weight excluding hydrogens is 240 g/mol. The summed E-state index contributed by atoms with van der Waals surface area (Å²) in [6, 6.07) is 11.4. The van der Waals surface area contributed by atoms with Crippen LogP contribution >= 0.6 is 0 Å². The Labute approximate surface area is 112 Å². The smallest absolute Gasteiger partial charge is 0.139 e. The zero-order valence-electron chi connectivity index (χ0n) is 11.1. The van der Waals surface area contributed by atoms with Crippen LogP contribution in [0.2, 0.25) is 0 Å². The van der Waals surface area contributed by atoms with Crippen molar-refractivity contribution in [1.29, 1.82) is 0 Å². The number of ether oxygens (including phenoxy) is 2. The van der Waals surface area contributed by atoms with Crippen LogP contribution in [0.5, 0.6) is 5.75 Å². The van der Waals surface area contributed by atoms with E-state index < -0.39 is 0 Å². The summed E-state index contributed by atoms with van der Waals surface area (Å²) < 4.78 is 10.6. The minimum atomic E-state index is 0.529. The highest BCUT2D eigenvalue weighted by Crippen LogP contribution is 2.27. The van der Waals surface area contributed by atoms with Crippen LogP contribution in [0, 0.1) is 0 Å². The number of hydrogen-bond donors (Lipinski definition) is 0. The van der Waals surface area contributed by atoms with Gasteiger partial charge in [0.1, 0.15) is 17.2 Å². The van der Waals surface area contributed by atoms with Crippen molar-refractivity contribution >= 4 is 5.76 Å². The van der Waals surface area contributed by atoms with Gasteiger partial charge in [0.25, 0.3) is 0 Å². The zero-order chi connectivity index (χ0) is 13.7. The van der Waals surface area contributed by atoms with Crippen molar-refractivity contribution in [1.82, 2.24) is 10.2 Å². The third kappa shape index (κ3) is 2.91. The van der Waals surface area contributed by atoms with Crippen molar-refractivity contribution in [2.45, 2.75) is 6.92 Å². The first-order valence-corrected chi connectivity index (χ1v) is 6.05. The van der Waals surface area contributed by atoms with E-state index >= 15 is 0 Å². The summed E-state index contributed by atoms with van der Waals surface area (Å²) in [5.41, 5.74) is 2.30. The maximum absolute atomic E-state index is 5.31. The first-order valence-electron chi connectivity index (χ1n) is 6.05. The van der Waals surface area contributed by atoms with Crippen LogP contribution in [0.15, 0.2) is 43.0 Å². The lowest BCUT2D eigenvalue weighted by Crippen LogP contribution is -1.97. The number of methoxy groups -OCH3 is 1. The number of nitrogens with zero attached hydrogens (tertiary/aromatic N) is 2. The highest BCUT2D eigenvalue weighted by atomic mass is 16.5. The van der Waals surface area contributed by atoms with Crippen LogP contribution in [-0.2, 0) is 4.74 Å². The van der Waals surface area contributed by atoms with Gasteiger partial charge in [-0.25, -0.2) is 0 Å². The number of rotatable bonds is 5. The van der Waals surface area contributed by atoms with Gasteiger partial charge in [0.2, 0.25) is 0 Å². The normalized spacial score (nSPS) is 10.0. The minimum Gasteiger partial charge on any atom is -0.496 e. The SMILES string of the molecule is C=C(OCC)c1ccc(-c2ccccc2OC)nn1. The van der Waals surface area contributed by atoms with Crippen molar-refractivity contribution in [2.75, 3.05) is 13.7 Å². The van der Waals surface area contributed by atoms with Gasteiger partial charge in [-0.2, -0.15) is 0 Å². The summed E-state index contributed by atoms with van der Waals surface area (Å²) in [6.07, 6.45) is 0. The largest absolute Gasteiger partial charge is 0.496 e. The fourth-order valence-electron chi connectivity index (χ4n) is 1.73. The lowest BCUT2D eigenvalue weighted by Gasteiger charge is -2.08. The third-order valence-electron chi connectivity index (χ3n) is 2.65. The van der Waals surface area contributed by atoms with Gasteiger partial charge in [0.05, 0.1) is 19.4 Å². The fourth-order valence-corrected chi connectivity index (χ4v) is 1.73. The Bertz CT molecular complexity index is 565. The van der Waals surface area contributed by atoms with Gasteiger partial charge < -0.3 is 9.47 Å². The van der Waals surface area contributed by atoms with Crippen molar-refractivity contribution in [3.63, 3.8) is 0 Å². The van der Waals surface area contributed by atoms with E-state index in [2.05, 4.69) is 16.8 Å². The van der Waals surface area contributed by atoms with Crippen LogP contribution in [0.4, 0.5) is 0 Å². The topological polar surface area (TPSA) is 44.2 Å². The third-order valence-corrected chi connectivity index (χ3v) is 2.65. The molecule has 1 aromatic carbocycles. The molecule has 0 fully saturated rings. The van der Waals surface area contributed by atoms with Crippen molar-refractivity contribution in [3.05, 3.63) is 48.7 Å². The zero-order valence-corrected chi connectivity index (χ0v) is 11.1. The predicted octanol–water partition coefficient (Wildman–Crippen LogP) is 3.16. The van der Waals surface area contributed by atoms with E-state index in [9.17, 15) is 0 Å². The Morgan fingerprint density at radius 2 is 1.95 bits per heavy atom. The second kappa shape index (κ2) is 6.00. The molecule has 0 atom stereocenters. The number of benzene rings is 1. The van der Waals surface area contributed by atoms with E-state index in [4.69, 9.17) is 9.47 Å². The first-order chi connectivity index (χ1) is 9.26. The van der Waals surface area contributed by atoms with Crippen molar-refractivity contribution in [2.24, 2.45) is 0 Å². The molecule has 0 aliphatic carbocycles. The number of para-hydroxylation sites is 1. The molecule has 2 rings (SSSR count). The summed E-state index contributed by atoms with van der Waals surface area (Å²) in [7, 11) is 1.64. The van der Waals surface area contributed by atoms with Gasteiger partial charge in [-0.15, -0.1) is 10.2 Å². The van der Waals surface area contributed by atoms with E-state index in [1.807, 2.05) is 43.3 Å². The van der Waals surface area contributed by atoms with Crippen molar-refractivity contribution in [3.8, 4) is 17.0 Å². The minimum absolute atomic E-state index is 0.529. The molecule has 0 spiro atoms. The van der Waals surface area contributed by atoms with Crippen LogP contribution in [0.25, 0.3) is 17.0 Å². The molecule has 0 aliphatic rings. The molecule has 0 saturated heterocycles. The molecule has 19 heavy (non-hydrogen) atoms. The highest BCUT2D eigenvalue weighted by Gasteiger charge is 2.08. The monoisotopic (exact) mass is 256 g/mol. The molecule has 0 N–H and O–H groups in total. The van der Waals surface area contributed by atoms with Gasteiger partial charge in [-0.3, -0.25) is 0 Å². The second-order valence-electron chi connectivity index (χ2n) is 3.86. The summed E-state index contributed by atoms with van der Waals surface area (Å²) in [5.74, 6) is 1.30. The van der Waals surface area contributed by atoms with Gasteiger partial charge in [-0.1, -0.05) is 18.7 Å². The first kappa shape index (κ1) is 13.1. The van der Waals surface area contributed by atoms with E-state index in [1.165, 1.54) is 0 Å². The molecule has 1 aromatic heterocycles. The van der Waals surface area contributed by atoms with Gasteiger partial charge in [0, 0.05) is 5.56 Å². The Morgan fingerprint density at radius 3 is 2.58 bits per heavy atom. The summed E-state index contributed by atoms with van der Waals surface area (Å²) in [5, 5.41) is 8.31. The van der Waals surface area contributed by atoms with Gasteiger partial charge >= 0.3 is 0 Å².